The third-order valence-electron chi connectivity index (χ3n) is 1.61. The molecule has 0 saturated carbocycles. The summed E-state index contributed by atoms with van der Waals surface area (Å²) in [4.78, 5) is 0. The lowest BCUT2D eigenvalue weighted by molar-refractivity contribution is 0.291. The van der Waals surface area contributed by atoms with Gasteiger partial charge in [-0.2, -0.15) is 0 Å². The SMILES string of the molecule is OCCNCc1cc(Cl)ccc1F. The molecule has 0 heterocycles. The first-order chi connectivity index (χ1) is 6.24. The average Bonchev–Trinajstić information content (AvgIpc) is 2.11. The summed E-state index contributed by atoms with van der Waals surface area (Å²) in [6, 6.07) is 4.41. The third kappa shape index (κ3) is 3.30. The lowest BCUT2D eigenvalue weighted by Crippen LogP contribution is -2.18. The zero-order valence-corrected chi connectivity index (χ0v) is 7.81. The number of benzene rings is 1. The number of aliphatic hydroxyl groups is 1. The van der Waals surface area contributed by atoms with Crippen LogP contribution in [0.4, 0.5) is 4.39 Å². The van der Waals surface area contributed by atoms with Gasteiger partial charge in [-0.3, -0.25) is 0 Å². The monoisotopic (exact) mass is 203 g/mol. The molecule has 4 heteroatoms. The van der Waals surface area contributed by atoms with Crippen LogP contribution in [0.2, 0.25) is 5.02 Å². The molecule has 1 rings (SSSR count). The predicted octanol–water partition coefficient (Wildman–Crippen LogP) is 1.56. The Bertz CT molecular complexity index is 280. The summed E-state index contributed by atoms with van der Waals surface area (Å²) in [5, 5.41) is 11.9. The van der Waals surface area contributed by atoms with Gasteiger partial charge in [0.25, 0.3) is 0 Å². The van der Waals surface area contributed by atoms with E-state index in [-0.39, 0.29) is 12.4 Å². The smallest absolute Gasteiger partial charge is 0.127 e. The fraction of sp³-hybridized carbons (Fsp3) is 0.333. The highest BCUT2D eigenvalue weighted by molar-refractivity contribution is 6.30. The number of aliphatic hydroxyl groups excluding tert-OH is 1. The number of hydrogen-bond acceptors (Lipinski definition) is 2. The first-order valence-corrected chi connectivity index (χ1v) is 4.37. The van der Waals surface area contributed by atoms with E-state index in [1.807, 2.05) is 0 Å². The van der Waals surface area contributed by atoms with Crippen LogP contribution in [0.15, 0.2) is 18.2 Å². The van der Waals surface area contributed by atoms with Crippen LogP contribution in [0.25, 0.3) is 0 Å². The van der Waals surface area contributed by atoms with Crippen molar-refractivity contribution in [3.63, 3.8) is 0 Å². The molecule has 0 aromatic heterocycles. The summed E-state index contributed by atoms with van der Waals surface area (Å²) in [6.45, 7) is 0.876. The first kappa shape index (κ1) is 10.4. The minimum Gasteiger partial charge on any atom is -0.395 e. The van der Waals surface area contributed by atoms with E-state index in [1.54, 1.807) is 6.07 Å². The molecule has 0 aliphatic carbocycles. The summed E-state index contributed by atoms with van der Waals surface area (Å²) in [5.41, 5.74) is 0.515. The molecule has 0 bridgehead atoms. The second-order valence-electron chi connectivity index (χ2n) is 2.64. The topological polar surface area (TPSA) is 32.3 Å². The molecule has 1 aromatic carbocycles. The van der Waals surface area contributed by atoms with Crippen LogP contribution < -0.4 is 5.32 Å². The Morgan fingerprint density at radius 1 is 1.46 bits per heavy atom. The number of halogens is 2. The normalized spacial score (nSPS) is 10.4. The van der Waals surface area contributed by atoms with Gasteiger partial charge in [0.05, 0.1) is 6.61 Å². The molecule has 13 heavy (non-hydrogen) atoms. The van der Waals surface area contributed by atoms with Gasteiger partial charge in [0.15, 0.2) is 0 Å². The van der Waals surface area contributed by atoms with E-state index in [4.69, 9.17) is 16.7 Å². The van der Waals surface area contributed by atoms with Gasteiger partial charge in [-0.25, -0.2) is 4.39 Å². The van der Waals surface area contributed by atoms with E-state index < -0.39 is 0 Å². The highest BCUT2D eigenvalue weighted by Gasteiger charge is 2.01. The Morgan fingerprint density at radius 3 is 2.92 bits per heavy atom. The average molecular weight is 204 g/mol. The maximum absolute atomic E-state index is 13.0. The Hall–Kier alpha value is -0.640. The van der Waals surface area contributed by atoms with Crippen molar-refractivity contribution in [3.05, 3.63) is 34.6 Å². The third-order valence-corrected chi connectivity index (χ3v) is 1.85. The standard InChI is InChI=1S/C9H11ClFNO/c10-8-1-2-9(11)7(5-8)6-12-3-4-13/h1-2,5,12-13H,3-4,6H2. The van der Waals surface area contributed by atoms with Crippen molar-refractivity contribution in [2.45, 2.75) is 6.54 Å². The summed E-state index contributed by atoms with van der Waals surface area (Å²) >= 11 is 5.69. The van der Waals surface area contributed by atoms with Crippen molar-refractivity contribution in [1.29, 1.82) is 0 Å². The van der Waals surface area contributed by atoms with Gasteiger partial charge in [-0.1, -0.05) is 11.6 Å². The molecule has 0 aliphatic heterocycles. The molecular weight excluding hydrogens is 193 g/mol. The van der Waals surface area contributed by atoms with Crippen LogP contribution >= 0.6 is 11.6 Å². The zero-order chi connectivity index (χ0) is 9.68. The molecule has 1 aromatic rings. The van der Waals surface area contributed by atoms with Crippen molar-refractivity contribution in [3.8, 4) is 0 Å². The quantitative estimate of drug-likeness (QED) is 0.728. The van der Waals surface area contributed by atoms with Crippen LogP contribution in [0.5, 0.6) is 0 Å². The molecule has 0 aliphatic rings. The molecule has 0 fully saturated rings. The van der Waals surface area contributed by atoms with Gasteiger partial charge >= 0.3 is 0 Å². The van der Waals surface area contributed by atoms with E-state index in [1.165, 1.54) is 12.1 Å². The molecule has 2 N–H and O–H groups in total. The van der Waals surface area contributed by atoms with E-state index >= 15 is 0 Å². The van der Waals surface area contributed by atoms with Crippen LogP contribution in [-0.4, -0.2) is 18.3 Å². The minimum absolute atomic E-state index is 0.0438. The van der Waals surface area contributed by atoms with Crippen LogP contribution in [0.1, 0.15) is 5.56 Å². The molecule has 0 atom stereocenters. The van der Waals surface area contributed by atoms with Gasteiger partial charge in [0.1, 0.15) is 5.82 Å². The van der Waals surface area contributed by atoms with E-state index in [0.29, 0.717) is 23.7 Å². The van der Waals surface area contributed by atoms with Crippen molar-refractivity contribution in [2.75, 3.05) is 13.2 Å². The Labute approximate surface area is 81.3 Å². The lowest BCUT2D eigenvalue weighted by Gasteiger charge is -2.04. The van der Waals surface area contributed by atoms with E-state index in [2.05, 4.69) is 5.32 Å². The summed E-state index contributed by atoms with van der Waals surface area (Å²) in [6.07, 6.45) is 0. The van der Waals surface area contributed by atoms with Crippen LogP contribution in [0, 0.1) is 5.82 Å². The van der Waals surface area contributed by atoms with Gasteiger partial charge in [-0.05, 0) is 18.2 Å². The van der Waals surface area contributed by atoms with Crippen molar-refractivity contribution in [2.24, 2.45) is 0 Å². The highest BCUT2D eigenvalue weighted by Crippen LogP contribution is 2.14. The largest absolute Gasteiger partial charge is 0.395 e. The van der Waals surface area contributed by atoms with Gasteiger partial charge < -0.3 is 10.4 Å². The molecule has 0 spiro atoms. The Kier molecular flexibility index (Phi) is 4.15. The number of rotatable bonds is 4. The second-order valence-corrected chi connectivity index (χ2v) is 3.07. The van der Waals surface area contributed by atoms with Gasteiger partial charge in [-0.15, -0.1) is 0 Å². The molecule has 0 saturated heterocycles. The fourth-order valence-corrected chi connectivity index (χ4v) is 1.18. The van der Waals surface area contributed by atoms with Crippen molar-refractivity contribution < 1.29 is 9.50 Å². The number of hydrogen-bond donors (Lipinski definition) is 2. The predicted molar refractivity (Wildman–Crippen MR) is 50.2 cm³/mol. The van der Waals surface area contributed by atoms with Crippen molar-refractivity contribution >= 4 is 11.6 Å². The van der Waals surface area contributed by atoms with Crippen molar-refractivity contribution in [1.82, 2.24) is 5.32 Å². The van der Waals surface area contributed by atoms with E-state index in [0.717, 1.165) is 0 Å². The molecule has 0 amide bonds. The van der Waals surface area contributed by atoms with E-state index in [9.17, 15) is 4.39 Å². The summed E-state index contributed by atoms with van der Waals surface area (Å²) in [5.74, 6) is -0.283. The van der Waals surface area contributed by atoms with Gasteiger partial charge in [0.2, 0.25) is 0 Å². The Balaban J connectivity index is 2.59. The molecular formula is C9H11ClFNO. The van der Waals surface area contributed by atoms with Crippen LogP contribution in [-0.2, 0) is 6.54 Å². The summed E-state index contributed by atoms with van der Waals surface area (Å²) in [7, 11) is 0. The molecule has 0 unspecified atom stereocenters. The second kappa shape index (κ2) is 5.17. The molecule has 0 radical (unpaired) electrons. The van der Waals surface area contributed by atoms with Crippen LogP contribution in [0.3, 0.4) is 0 Å². The zero-order valence-electron chi connectivity index (χ0n) is 7.06. The first-order valence-electron chi connectivity index (χ1n) is 3.99. The Morgan fingerprint density at radius 2 is 2.23 bits per heavy atom. The maximum Gasteiger partial charge on any atom is 0.127 e. The molecule has 72 valence electrons. The molecule has 2 nitrogen and oxygen atoms in total. The number of nitrogens with one attached hydrogen (secondary N) is 1. The lowest BCUT2D eigenvalue weighted by atomic mass is 10.2. The van der Waals surface area contributed by atoms with Gasteiger partial charge in [0, 0.05) is 23.7 Å². The maximum atomic E-state index is 13.0. The summed E-state index contributed by atoms with van der Waals surface area (Å²) < 4.78 is 13.0. The highest BCUT2D eigenvalue weighted by atomic mass is 35.5. The minimum atomic E-state index is -0.283. The fourth-order valence-electron chi connectivity index (χ4n) is 0.981.